The van der Waals surface area contributed by atoms with Crippen LogP contribution in [0.2, 0.25) is 10.0 Å². The van der Waals surface area contributed by atoms with E-state index in [0.29, 0.717) is 21.3 Å². The van der Waals surface area contributed by atoms with E-state index in [1.165, 1.54) is 22.9 Å². The number of methoxy groups -OCH3 is 1. The number of carbonyl (C=O) groups is 1. The minimum Gasteiger partial charge on any atom is -0.497 e. The first kappa shape index (κ1) is 19.9. The minimum absolute atomic E-state index is 0.224. The highest BCUT2D eigenvalue weighted by atomic mass is 35.5. The number of benzene rings is 2. The predicted molar refractivity (Wildman–Crippen MR) is 109 cm³/mol. The maximum atomic E-state index is 12.2. The van der Waals surface area contributed by atoms with Gasteiger partial charge in [-0.3, -0.25) is 9.59 Å². The van der Waals surface area contributed by atoms with Crippen LogP contribution in [-0.2, 0) is 6.54 Å². The average Bonchev–Trinajstić information content (AvgIpc) is 2.68. The fourth-order valence-corrected chi connectivity index (χ4v) is 3.11. The highest BCUT2D eigenvalue weighted by molar-refractivity contribution is 6.35. The molecule has 1 N–H and O–H groups in total. The summed E-state index contributed by atoms with van der Waals surface area (Å²) < 4.78 is 6.45. The van der Waals surface area contributed by atoms with Crippen LogP contribution in [0.15, 0.2) is 59.4 Å². The van der Waals surface area contributed by atoms with E-state index in [-0.39, 0.29) is 24.6 Å². The zero-order valence-corrected chi connectivity index (χ0v) is 16.5. The Labute approximate surface area is 171 Å². The van der Waals surface area contributed by atoms with Crippen LogP contribution in [0, 0.1) is 0 Å². The van der Waals surface area contributed by atoms with Gasteiger partial charge in [-0.05, 0) is 48.5 Å². The lowest BCUT2D eigenvalue weighted by atomic mass is 10.1. The maximum absolute atomic E-state index is 12.2. The Balaban J connectivity index is 1.68. The number of ether oxygens (including phenoxy) is 1. The van der Waals surface area contributed by atoms with Gasteiger partial charge in [0.1, 0.15) is 5.75 Å². The van der Waals surface area contributed by atoms with E-state index >= 15 is 0 Å². The third-order valence-corrected chi connectivity index (χ3v) is 4.42. The number of amides is 1. The summed E-state index contributed by atoms with van der Waals surface area (Å²) in [6.07, 6.45) is 0. The van der Waals surface area contributed by atoms with E-state index in [2.05, 4.69) is 10.4 Å². The molecular weight excluding hydrogens is 401 g/mol. The molecule has 8 heteroatoms. The van der Waals surface area contributed by atoms with Crippen LogP contribution in [0.4, 0.5) is 0 Å². The second kappa shape index (κ2) is 8.91. The normalized spacial score (nSPS) is 10.5. The van der Waals surface area contributed by atoms with Crippen molar-refractivity contribution in [2.24, 2.45) is 0 Å². The first-order chi connectivity index (χ1) is 13.5. The Hall–Kier alpha value is -2.83. The summed E-state index contributed by atoms with van der Waals surface area (Å²) in [5.41, 5.74) is 1.60. The number of aromatic nitrogens is 2. The molecule has 0 saturated heterocycles. The van der Waals surface area contributed by atoms with Crippen molar-refractivity contribution in [1.29, 1.82) is 0 Å². The molecule has 0 fully saturated rings. The van der Waals surface area contributed by atoms with E-state index < -0.39 is 0 Å². The van der Waals surface area contributed by atoms with E-state index in [9.17, 15) is 9.59 Å². The lowest BCUT2D eigenvalue weighted by Crippen LogP contribution is -2.32. The lowest BCUT2D eigenvalue weighted by molar-refractivity contribution is 0.0951. The van der Waals surface area contributed by atoms with Gasteiger partial charge < -0.3 is 10.1 Å². The molecule has 1 heterocycles. The van der Waals surface area contributed by atoms with Gasteiger partial charge in [-0.1, -0.05) is 23.2 Å². The smallest absolute Gasteiger partial charge is 0.266 e. The van der Waals surface area contributed by atoms with Gasteiger partial charge in [0, 0.05) is 33.8 Å². The van der Waals surface area contributed by atoms with Gasteiger partial charge in [-0.15, -0.1) is 0 Å². The van der Waals surface area contributed by atoms with Crippen LogP contribution in [0.5, 0.6) is 5.75 Å². The molecule has 0 radical (unpaired) electrons. The summed E-state index contributed by atoms with van der Waals surface area (Å²) >= 11 is 11.8. The molecule has 3 aromatic rings. The molecule has 0 saturated carbocycles. The largest absolute Gasteiger partial charge is 0.497 e. The molecule has 28 heavy (non-hydrogen) atoms. The zero-order chi connectivity index (χ0) is 20.1. The van der Waals surface area contributed by atoms with Crippen molar-refractivity contribution in [3.63, 3.8) is 0 Å². The number of nitrogens with zero attached hydrogens (tertiary/aromatic N) is 2. The Kier molecular flexibility index (Phi) is 6.34. The van der Waals surface area contributed by atoms with Gasteiger partial charge in [0.15, 0.2) is 0 Å². The van der Waals surface area contributed by atoms with E-state index in [1.54, 1.807) is 19.2 Å². The first-order valence-electron chi connectivity index (χ1n) is 8.43. The van der Waals surface area contributed by atoms with Crippen LogP contribution in [0.3, 0.4) is 0 Å². The van der Waals surface area contributed by atoms with Crippen molar-refractivity contribution in [3.8, 4) is 17.0 Å². The van der Waals surface area contributed by atoms with Gasteiger partial charge in [-0.2, -0.15) is 5.10 Å². The molecule has 6 nitrogen and oxygen atoms in total. The maximum Gasteiger partial charge on any atom is 0.266 e. The number of carbonyl (C=O) groups excluding carboxylic acids is 1. The van der Waals surface area contributed by atoms with Crippen LogP contribution in [-0.4, -0.2) is 29.3 Å². The van der Waals surface area contributed by atoms with Gasteiger partial charge >= 0.3 is 0 Å². The Bertz CT molecular complexity index is 1030. The molecular formula is C20H17Cl2N3O3. The molecule has 0 aliphatic carbocycles. The number of rotatable bonds is 6. The molecule has 3 rings (SSSR count). The second-order valence-corrected chi connectivity index (χ2v) is 6.80. The van der Waals surface area contributed by atoms with Crippen molar-refractivity contribution in [1.82, 2.24) is 15.1 Å². The van der Waals surface area contributed by atoms with Crippen LogP contribution in [0.25, 0.3) is 11.3 Å². The van der Waals surface area contributed by atoms with Gasteiger partial charge in [0.2, 0.25) is 0 Å². The lowest BCUT2D eigenvalue weighted by Gasteiger charge is -2.09. The van der Waals surface area contributed by atoms with Crippen molar-refractivity contribution >= 4 is 29.1 Å². The molecule has 0 bridgehead atoms. The Morgan fingerprint density at radius 3 is 2.39 bits per heavy atom. The fourth-order valence-electron chi connectivity index (χ4n) is 2.59. The number of halogens is 2. The number of hydrogen-bond donors (Lipinski definition) is 1. The monoisotopic (exact) mass is 417 g/mol. The average molecular weight is 418 g/mol. The zero-order valence-electron chi connectivity index (χ0n) is 15.0. The molecule has 0 spiro atoms. The summed E-state index contributed by atoms with van der Waals surface area (Å²) in [5.74, 6) is 0.407. The minimum atomic E-state index is -0.330. The summed E-state index contributed by atoms with van der Waals surface area (Å²) in [6.45, 7) is 0.449. The summed E-state index contributed by atoms with van der Waals surface area (Å²) in [4.78, 5) is 24.3. The van der Waals surface area contributed by atoms with Crippen molar-refractivity contribution in [3.05, 3.63) is 80.6 Å². The Morgan fingerprint density at radius 2 is 1.75 bits per heavy atom. The Morgan fingerprint density at radius 1 is 1.07 bits per heavy atom. The van der Waals surface area contributed by atoms with Crippen LogP contribution < -0.4 is 15.6 Å². The van der Waals surface area contributed by atoms with E-state index in [0.717, 1.165) is 11.3 Å². The van der Waals surface area contributed by atoms with E-state index in [1.807, 2.05) is 24.3 Å². The molecule has 2 aromatic carbocycles. The van der Waals surface area contributed by atoms with E-state index in [4.69, 9.17) is 27.9 Å². The topological polar surface area (TPSA) is 73.2 Å². The standard InChI is InChI=1S/C20H17Cl2N3O3/c1-28-17-4-2-13(3-5-17)18-6-7-19(26)25(24-18)9-8-23-20(27)14-10-15(21)12-16(22)11-14/h2-7,10-12H,8-9H2,1H3,(H,23,27). The number of nitrogens with one attached hydrogen (secondary N) is 1. The molecule has 0 atom stereocenters. The third kappa shape index (κ3) is 4.91. The van der Waals surface area contributed by atoms with Gasteiger partial charge in [-0.25, -0.2) is 4.68 Å². The summed E-state index contributed by atoms with van der Waals surface area (Å²) in [7, 11) is 1.60. The van der Waals surface area contributed by atoms with Crippen molar-refractivity contribution in [2.75, 3.05) is 13.7 Å². The summed E-state index contributed by atoms with van der Waals surface area (Å²) in [5, 5.41) is 7.85. The highest BCUT2D eigenvalue weighted by Crippen LogP contribution is 2.20. The first-order valence-corrected chi connectivity index (χ1v) is 9.19. The molecule has 144 valence electrons. The third-order valence-electron chi connectivity index (χ3n) is 3.99. The second-order valence-electron chi connectivity index (χ2n) is 5.92. The molecule has 0 aliphatic rings. The quantitative estimate of drug-likeness (QED) is 0.663. The van der Waals surface area contributed by atoms with Crippen LogP contribution >= 0.6 is 23.2 Å². The predicted octanol–water partition coefficient (Wildman–Crippen LogP) is 3.66. The summed E-state index contributed by atoms with van der Waals surface area (Å²) in [6, 6.07) is 15.1. The molecule has 1 aromatic heterocycles. The van der Waals surface area contributed by atoms with Gasteiger partial charge in [0.05, 0.1) is 19.3 Å². The molecule has 0 aliphatic heterocycles. The SMILES string of the molecule is COc1ccc(-c2ccc(=O)n(CCNC(=O)c3cc(Cl)cc(Cl)c3)n2)cc1. The van der Waals surface area contributed by atoms with Crippen LogP contribution in [0.1, 0.15) is 10.4 Å². The van der Waals surface area contributed by atoms with Crippen molar-refractivity contribution < 1.29 is 9.53 Å². The fraction of sp³-hybridized carbons (Fsp3) is 0.150. The van der Waals surface area contributed by atoms with Crippen molar-refractivity contribution in [2.45, 2.75) is 6.54 Å². The molecule has 1 amide bonds. The molecule has 0 unspecified atom stereocenters. The highest BCUT2D eigenvalue weighted by Gasteiger charge is 2.09. The number of hydrogen-bond acceptors (Lipinski definition) is 4. The van der Waals surface area contributed by atoms with Gasteiger partial charge in [0.25, 0.3) is 11.5 Å².